The van der Waals surface area contributed by atoms with E-state index < -0.39 is 0 Å². The summed E-state index contributed by atoms with van der Waals surface area (Å²) in [4.78, 5) is 18.2. The van der Waals surface area contributed by atoms with E-state index in [4.69, 9.17) is 0 Å². The first-order chi connectivity index (χ1) is 12.8. The Morgan fingerprint density at radius 3 is 2.54 bits per heavy atom. The highest BCUT2D eigenvalue weighted by Gasteiger charge is 2.16. The average molecular weight is 372 g/mol. The molecule has 2 aromatic rings. The molecule has 3 rings (SSSR count). The molecule has 0 bridgehead atoms. The minimum absolute atomic E-state index is 0.190. The number of anilines is 1. The molecule has 0 unspecified atom stereocenters. The first-order valence-corrected chi connectivity index (χ1v) is 10.5. The molecule has 0 spiro atoms. The van der Waals surface area contributed by atoms with E-state index in [0.29, 0.717) is 6.42 Å². The van der Waals surface area contributed by atoms with Gasteiger partial charge in [-0.15, -0.1) is 11.3 Å². The van der Waals surface area contributed by atoms with Crippen LogP contribution < -0.4 is 10.2 Å². The molecule has 0 radical (unpaired) electrons. The molecule has 1 fully saturated rings. The third-order valence-electron chi connectivity index (χ3n) is 4.87. The van der Waals surface area contributed by atoms with E-state index in [2.05, 4.69) is 63.0 Å². The number of carbonyl (C=O) groups is 1. The SMILES string of the molecule is O=C(CCCc1cccs1)NCCCN1CCN(c2ccccc2)CC1. The van der Waals surface area contributed by atoms with E-state index in [1.807, 2.05) is 0 Å². The zero-order chi connectivity index (χ0) is 18.0. The Hall–Kier alpha value is -1.85. The van der Waals surface area contributed by atoms with E-state index in [9.17, 15) is 4.79 Å². The number of benzene rings is 1. The molecule has 2 heterocycles. The molecule has 0 saturated carbocycles. The van der Waals surface area contributed by atoms with Gasteiger partial charge < -0.3 is 10.2 Å². The van der Waals surface area contributed by atoms with Crippen molar-refractivity contribution in [3.05, 3.63) is 52.7 Å². The van der Waals surface area contributed by atoms with Crippen LogP contribution in [0.2, 0.25) is 0 Å². The first-order valence-electron chi connectivity index (χ1n) is 9.63. The van der Waals surface area contributed by atoms with Crippen molar-refractivity contribution < 1.29 is 4.79 Å². The van der Waals surface area contributed by atoms with Gasteiger partial charge >= 0.3 is 0 Å². The van der Waals surface area contributed by atoms with Crippen molar-refractivity contribution in [2.45, 2.75) is 25.7 Å². The van der Waals surface area contributed by atoms with Gasteiger partial charge in [0.2, 0.25) is 5.91 Å². The summed E-state index contributed by atoms with van der Waals surface area (Å²) in [5.74, 6) is 0.190. The van der Waals surface area contributed by atoms with E-state index in [0.717, 1.165) is 58.5 Å². The lowest BCUT2D eigenvalue weighted by Gasteiger charge is -2.36. The van der Waals surface area contributed by atoms with Crippen LogP contribution in [0.15, 0.2) is 47.8 Å². The molecule has 1 saturated heterocycles. The second kappa shape index (κ2) is 10.3. The quantitative estimate of drug-likeness (QED) is 0.686. The third kappa shape index (κ3) is 6.15. The summed E-state index contributed by atoms with van der Waals surface area (Å²) in [7, 11) is 0. The topological polar surface area (TPSA) is 35.6 Å². The van der Waals surface area contributed by atoms with Crippen LogP contribution in [-0.4, -0.2) is 50.1 Å². The number of carbonyl (C=O) groups excluding carboxylic acids is 1. The molecule has 140 valence electrons. The van der Waals surface area contributed by atoms with Crippen LogP contribution in [-0.2, 0) is 11.2 Å². The van der Waals surface area contributed by atoms with Crippen molar-refractivity contribution in [1.29, 1.82) is 0 Å². The minimum atomic E-state index is 0.190. The molecule has 26 heavy (non-hydrogen) atoms. The van der Waals surface area contributed by atoms with Gasteiger partial charge in [0.1, 0.15) is 0 Å². The maximum atomic E-state index is 11.9. The minimum Gasteiger partial charge on any atom is -0.369 e. The van der Waals surface area contributed by atoms with Crippen molar-refractivity contribution in [3.63, 3.8) is 0 Å². The fourth-order valence-electron chi connectivity index (χ4n) is 3.37. The highest BCUT2D eigenvalue weighted by molar-refractivity contribution is 7.09. The fraction of sp³-hybridized carbons (Fsp3) is 0.476. The van der Waals surface area contributed by atoms with Crippen LogP contribution in [0.25, 0.3) is 0 Å². The van der Waals surface area contributed by atoms with Crippen molar-refractivity contribution in [1.82, 2.24) is 10.2 Å². The van der Waals surface area contributed by atoms with Gasteiger partial charge in [-0.25, -0.2) is 0 Å². The van der Waals surface area contributed by atoms with Gasteiger partial charge in [0.25, 0.3) is 0 Å². The third-order valence-corrected chi connectivity index (χ3v) is 5.81. The zero-order valence-corrected chi connectivity index (χ0v) is 16.2. The smallest absolute Gasteiger partial charge is 0.220 e. The maximum Gasteiger partial charge on any atom is 0.220 e. The Labute approximate surface area is 160 Å². The van der Waals surface area contributed by atoms with Crippen molar-refractivity contribution in [3.8, 4) is 0 Å². The molecule has 5 heteroatoms. The monoisotopic (exact) mass is 371 g/mol. The van der Waals surface area contributed by atoms with Gasteiger partial charge in [0.05, 0.1) is 0 Å². The summed E-state index contributed by atoms with van der Waals surface area (Å²) in [5, 5.41) is 5.16. The second-order valence-corrected chi connectivity index (χ2v) is 7.83. The van der Waals surface area contributed by atoms with Crippen LogP contribution >= 0.6 is 11.3 Å². The lowest BCUT2D eigenvalue weighted by molar-refractivity contribution is -0.121. The molecular weight excluding hydrogens is 342 g/mol. The number of thiophene rings is 1. The number of nitrogens with zero attached hydrogens (tertiary/aromatic N) is 2. The number of hydrogen-bond acceptors (Lipinski definition) is 4. The molecular formula is C21H29N3OS. The highest BCUT2D eigenvalue weighted by atomic mass is 32.1. The lowest BCUT2D eigenvalue weighted by Crippen LogP contribution is -2.47. The number of rotatable bonds is 9. The predicted molar refractivity (Wildman–Crippen MR) is 110 cm³/mol. The normalized spacial score (nSPS) is 15.2. The van der Waals surface area contributed by atoms with Crippen LogP contribution in [0.4, 0.5) is 5.69 Å². The van der Waals surface area contributed by atoms with Gasteiger partial charge in [-0.1, -0.05) is 24.3 Å². The molecule has 1 aromatic carbocycles. The molecule has 4 nitrogen and oxygen atoms in total. The summed E-state index contributed by atoms with van der Waals surface area (Å²) in [5.41, 5.74) is 1.32. The summed E-state index contributed by atoms with van der Waals surface area (Å²) in [6.45, 7) is 6.22. The Balaban J connectivity index is 1.22. The van der Waals surface area contributed by atoms with Crippen LogP contribution in [0.1, 0.15) is 24.1 Å². The number of nitrogens with one attached hydrogen (secondary N) is 1. The molecule has 1 aliphatic rings. The summed E-state index contributed by atoms with van der Waals surface area (Å²) in [6, 6.07) is 14.8. The molecule has 1 aromatic heterocycles. The van der Waals surface area contributed by atoms with E-state index in [1.165, 1.54) is 10.6 Å². The van der Waals surface area contributed by atoms with E-state index >= 15 is 0 Å². The van der Waals surface area contributed by atoms with Crippen LogP contribution in [0.3, 0.4) is 0 Å². The van der Waals surface area contributed by atoms with Gasteiger partial charge in [-0.05, 0) is 49.4 Å². The number of aryl methyl sites for hydroxylation is 1. The van der Waals surface area contributed by atoms with Crippen LogP contribution in [0.5, 0.6) is 0 Å². The van der Waals surface area contributed by atoms with Gasteiger partial charge in [-0.3, -0.25) is 9.69 Å². The van der Waals surface area contributed by atoms with Crippen LogP contribution in [0, 0.1) is 0 Å². The Morgan fingerprint density at radius 2 is 1.81 bits per heavy atom. The Kier molecular flexibility index (Phi) is 7.52. The number of piperazine rings is 1. The summed E-state index contributed by atoms with van der Waals surface area (Å²) >= 11 is 1.77. The standard InChI is InChI=1S/C21H29N3OS/c25-21(11-4-9-20-10-5-18-26-20)22-12-6-13-23-14-16-24(17-15-23)19-7-2-1-3-8-19/h1-3,5,7-8,10,18H,4,6,9,11-17H2,(H,22,25). The average Bonchev–Trinajstić information content (AvgIpc) is 3.20. The van der Waals surface area contributed by atoms with E-state index in [1.54, 1.807) is 11.3 Å². The molecule has 1 amide bonds. The van der Waals surface area contributed by atoms with E-state index in [-0.39, 0.29) is 5.91 Å². The first kappa shape index (κ1) is 18.9. The summed E-state index contributed by atoms with van der Waals surface area (Å²) < 4.78 is 0. The molecule has 0 aliphatic carbocycles. The van der Waals surface area contributed by atoms with Crippen molar-refractivity contribution in [2.75, 3.05) is 44.2 Å². The number of amides is 1. The fourth-order valence-corrected chi connectivity index (χ4v) is 4.12. The Morgan fingerprint density at radius 1 is 1.00 bits per heavy atom. The molecule has 1 aliphatic heterocycles. The number of hydrogen-bond donors (Lipinski definition) is 1. The lowest BCUT2D eigenvalue weighted by atomic mass is 10.2. The maximum absolute atomic E-state index is 11.9. The Bertz CT molecular complexity index is 637. The summed E-state index contributed by atoms with van der Waals surface area (Å²) in [6.07, 6.45) is 3.61. The zero-order valence-electron chi connectivity index (χ0n) is 15.4. The van der Waals surface area contributed by atoms with Gasteiger partial charge in [-0.2, -0.15) is 0 Å². The largest absolute Gasteiger partial charge is 0.369 e. The highest BCUT2D eigenvalue weighted by Crippen LogP contribution is 2.15. The van der Waals surface area contributed by atoms with Gasteiger partial charge in [0.15, 0.2) is 0 Å². The number of para-hydroxylation sites is 1. The van der Waals surface area contributed by atoms with Crippen molar-refractivity contribution in [2.24, 2.45) is 0 Å². The predicted octanol–water partition coefficient (Wildman–Crippen LogP) is 3.40. The molecule has 1 N–H and O–H groups in total. The molecule has 0 atom stereocenters. The second-order valence-electron chi connectivity index (χ2n) is 6.80. The van der Waals surface area contributed by atoms with Gasteiger partial charge in [0, 0.05) is 49.7 Å². The van der Waals surface area contributed by atoms with Crippen molar-refractivity contribution >= 4 is 22.9 Å².